The fourth-order valence-corrected chi connectivity index (χ4v) is 2.14. The number of amides is 1. The Morgan fingerprint density at radius 2 is 2.16 bits per heavy atom. The molecule has 136 valence electrons. The van der Waals surface area contributed by atoms with Crippen molar-refractivity contribution in [2.24, 2.45) is 0 Å². The van der Waals surface area contributed by atoms with Crippen LogP contribution in [0.3, 0.4) is 0 Å². The Hall–Kier alpha value is -2.61. The number of nitrogens with one attached hydrogen (secondary N) is 2. The molecule has 1 aliphatic heterocycles. The molecule has 0 aliphatic carbocycles. The number of hydrogen-bond acceptors (Lipinski definition) is 7. The molecule has 0 fully saturated rings. The van der Waals surface area contributed by atoms with Gasteiger partial charge < -0.3 is 25.0 Å². The maximum absolute atomic E-state index is 12.7. The van der Waals surface area contributed by atoms with Crippen molar-refractivity contribution in [3.8, 4) is 0 Å². The van der Waals surface area contributed by atoms with E-state index in [0.717, 1.165) is 0 Å². The number of rotatable bonds is 6. The smallest absolute Gasteiger partial charge is 0.356 e. The molecule has 25 heavy (non-hydrogen) atoms. The van der Waals surface area contributed by atoms with Crippen LogP contribution in [0.5, 0.6) is 0 Å². The monoisotopic (exact) mass is 348 g/mol. The molecule has 0 radical (unpaired) electrons. The number of hydrogen-bond donors (Lipinski definition) is 2. The zero-order valence-electron chi connectivity index (χ0n) is 14.9. The molecule has 2 rings (SSSR count). The van der Waals surface area contributed by atoms with Crippen molar-refractivity contribution in [3.05, 3.63) is 36.4 Å². The van der Waals surface area contributed by atoms with E-state index in [1.165, 1.54) is 19.4 Å². The molecule has 1 aliphatic rings. The van der Waals surface area contributed by atoms with Crippen LogP contribution in [0.2, 0.25) is 0 Å². The van der Waals surface area contributed by atoms with Crippen LogP contribution in [0.4, 0.5) is 5.69 Å². The first-order chi connectivity index (χ1) is 11.8. The number of pyridine rings is 1. The van der Waals surface area contributed by atoms with Gasteiger partial charge in [0, 0.05) is 12.4 Å². The molecule has 1 aromatic rings. The lowest BCUT2D eigenvalue weighted by Crippen LogP contribution is -2.46. The summed E-state index contributed by atoms with van der Waals surface area (Å²) in [6, 6.07) is 2.61. The topological polar surface area (TPSA) is 92.8 Å². The Bertz CT molecular complexity index is 637. The molecule has 2 N–H and O–H groups in total. The van der Waals surface area contributed by atoms with Crippen molar-refractivity contribution in [1.29, 1.82) is 0 Å². The van der Waals surface area contributed by atoms with Crippen LogP contribution >= 0.6 is 0 Å². The molecule has 1 amide bonds. The highest BCUT2D eigenvalue weighted by atomic mass is 16.5. The number of anilines is 1. The summed E-state index contributed by atoms with van der Waals surface area (Å²) in [4.78, 5) is 29.9. The first kappa shape index (κ1) is 18.7. The van der Waals surface area contributed by atoms with E-state index in [4.69, 9.17) is 4.74 Å². The summed E-state index contributed by atoms with van der Waals surface area (Å²) < 4.78 is 10.4. The minimum absolute atomic E-state index is 0.180. The van der Waals surface area contributed by atoms with E-state index in [9.17, 15) is 9.59 Å². The predicted octanol–water partition coefficient (Wildman–Crippen LogP) is 1.32. The van der Waals surface area contributed by atoms with Crippen LogP contribution in [0, 0.1) is 0 Å². The minimum Gasteiger partial charge on any atom is -0.464 e. The highest BCUT2D eigenvalue weighted by Crippen LogP contribution is 2.14. The number of carbonyl (C=O) groups excluding carboxylic acids is 2. The maximum atomic E-state index is 12.7. The summed E-state index contributed by atoms with van der Waals surface area (Å²) in [7, 11) is 1.29. The normalized spacial score (nSPS) is 14.8. The molecule has 1 aromatic heterocycles. The highest BCUT2D eigenvalue weighted by Gasteiger charge is 2.27. The Morgan fingerprint density at radius 1 is 1.40 bits per heavy atom. The van der Waals surface area contributed by atoms with Crippen molar-refractivity contribution in [2.45, 2.75) is 32.4 Å². The zero-order valence-corrected chi connectivity index (χ0v) is 14.9. The number of carbonyl (C=O) groups is 2. The van der Waals surface area contributed by atoms with Crippen molar-refractivity contribution in [1.82, 2.24) is 15.2 Å². The Balaban J connectivity index is 2.05. The van der Waals surface area contributed by atoms with Gasteiger partial charge >= 0.3 is 5.97 Å². The van der Waals surface area contributed by atoms with Crippen LogP contribution in [0.1, 0.15) is 31.3 Å². The van der Waals surface area contributed by atoms with Gasteiger partial charge in [-0.05, 0) is 32.9 Å². The first-order valence-corrected chi connectivity index (χ1v) is 7.95. The summed E-state index contributed by atoms with van der Waals surface area (Å²) in [5.41, 5.74) is 0.327. The predicted molar refractivity (Wildman–Crippen MR) is 92.7 cm³/mol. The van der Waals surface area contributed by atoms with Gasteiger partial charge in [0.05, 0.1) is 37.9 Å². The summed E-state index contributed by atoms with van der Waals surface area (Å²) >= 11 is 0. The molecule has 0 saturated carbocycles. The minimum atomic E-state index is -0.525. The van der Waals surface area contributed by atoms with E-state index in [1.54, 1.807) is 12.3 Å². The third-order valence-corrected chi connectivity index (χ3v) is 3.46. The second kappa shape index (κ2) is 7.98. The fraction of sp³-hybridized carbons (Fsp3) is 0.471. The van der Waals surface area contributed by atoms with Gasteiger partial charge in [0.1, 0.15) is 11.7 Å². The van der Waals surface area contributed by atoms with Gasteiger partial charge in [0.15, 0.2) is 0 Å². The first-order valence-electron chi connectivity index (χ1n) is 7.95. The van der Waals surface area contributed by atoms with E-state index >= 15 is 0 Å². The quantitative estimate of drug-likeness (QED) is 0.749. The van der Waals surface area contributed by atoms with Crippen LogP contribution in [-0.2, 0) is 14.3 Å². The van der Waals surface area contributed by atoms with E-state index in [2.05, 4.69) is 20.4 Å². The van der Waals surface area contributed by atoms with Gasteiger partial charge in [-0.15, -0.1) is 0 Å². The molecule has 1 atom stereocenters. The summed E-state index contributed by atoms with van der Waals surface area (Å²) in [5, 5.41) is 5.84. The van der Waals surface area contributed by atoms with Gasteiger partial charge in [-0.25, -0.2) is 9.78 Å². The molecule has 0 aromatic carbocycles. The average Bonchev–Trinajstić information content (AvgIpc) is 3.08. The molecule has 0 saturated heterocycles. The Morgan fingerprint density at radius 3 is 2.68 bits per heavy atom. The van der Waals surface area contributed by atoms with Gasteiger partial charge in [-0.2, -0.15) is 0 Å². The highest BCUT2D eigenvalue weighted by molar-refractivity contribution is 5.95. The largest absolute Gasteiger partial charge is 0.464 e. The van der Waals surface area contributed by atoms with E-state index in [0.29, 0.717) is 12.4 Å². The Kier molecular flexibility index (Phi) is 5.97. The van der Waals surface area contributed by atoms with Crippen molar-refractivity contribution >= 4 is 17.6 Å². The molecule has 0 unspecified atom stereocenters. The lowest BCUT2D eigenvalue weighted by Gasteiger charge is -2.29. The van der Waals surface area contributed by atoms with E-state index in [-0.39, 0.29) is 23.8 Å². The van der Waals surface area contributed by atoms with Crippen LogP contribution < -0.4 is 10.6 Å². The number of methoxy groups -OCH3 is 1. The third-order valence-electron chi connectivity index (χ3n) is 3.46. The number of aromatic nitrogens is 1. The fourth-order valence-electron chi connectivity index (χ4n) is 2.14. The lowest BCUT2D eigenvalue weighted by molar-refractivity contribution is -0.124. The number of nitrogens with zero attached hydrogens (tertiary/aromatic N) is 2. The van der Waals surface area contributed by atoms with Crippen LogP contribution in [-0.4, -0.2) is 53.8 Å². The van der Waals surface area contributed by atoms with Crippen molar-refractivity contribution in [2.75, 3.05) is 25.7 Å². The molecular formula is C17H24N4O4. The maximum Gasteiger partial charge on any atom is 0.356 e. The molecule has 8 heteroatoms. The lowest BCUT2D eigenvalue weighted by atomic mass is 10.2. The SMILES string of the molecule is COC(=O)c1ccc(NC(=O)[C@H](COC(C)(C)C)N2C=CNC2)cn1. The molecule has 8 nitrogen and oxygen atoms in total. The molecular weight excluding hydrogens is 324 g/mol. The summed E-state index contributed by atoms with van der Waals surface area (Å²) in [5.74, 6) is -0.743. The summed E-state index contributed by atoms with van der Waals surface area (Å²) in [6.07, 6.45) is 5.02. The number of ether oxygens (including phenoxy) is 2. The van der Waals surface area contributed by atoms with E-state index < -0.39 is 12.0 Å². The van der Waals surface area contributed by atoms with Gasteiger partial charge in [0.25, 0.3) is 0 Å². The van der Waals surface area contributed by atoms with E-state index in [1.807, 2.05) is 31.9 Å². The van der Waals surface area contributed by atoms with Crippen LogP contribution in [0.15, 0.2) is 30.7 Å². The number of esters is 1. The third kappa shape index (κ3) is 5.46. The van der Waals surface area contributed by atoms with Crippen molar-refractivity contribution in [3.63, 3.8) is 0 Å². The second-order valence-electron chi connectivity index (χ2n) is 6.54. The van der Waals surface area contributed by atoms with Gasteiger partial charge in [0.2, 0.25) is 5.91 Å². The Labute approximate surface area is 147 Å². The van der Waals surface area contributed by atoms with Gasteiger partial charge in [-0.3, -0.25) is 4.79 Å². The summed E-state index contributed by atoms with van der Waals surface area (Å²) in [6.45, 7) is 6.60. The molecule has 0 bridgehead atoms. The molecule has 0 spiro atoms. The van der Waals surface area contributed by atoms with Crippen LogP contribution in [0.25, 0.3) is 0 Å². The standard InChI is InChI=1S/C17H24N4O4/c1-17(2,3)25-10-14(21-8-7-18-11-21)15(22)20-12-5-6-13(19-9-12)16(23)24-4/h5-9,14,18H,10-11H2,1-4H3,(H,20,22)/t14-/m0/s1. The van der Waals surface area contributed by atoms with Gasteiger partial charge in [-0.1, -0.05) is 0 Å². The zero-order chi connectivity index (χ0) is 18.4. The second-order valence-corrected chi connectivity index (χ2v) is 6.54. The van der Waals surface area contributed by atoms with Crippen molar-refractivity contribution < 1.29 is 19.1 Å². The molecule has 2 heterocycles. The average molecular weight is 348 g/mol.